The Morgan fingerprint density at radius 1 is 1.35 bits per heavy atom. The Morgan fingerprint density at radius 3 is 3.00 bits per heavy atom. The molecular weight excluding hydrogens is 310 g/mol. The van der Waals surface area contributed by atoms with E-state index in [4.69, 9.17) is 11.6 Å². The van der Waals surface area contributed by atoms with Gasteiger partial charge in [0.25, 0.3) is 0 Å². The predicted octanol–water partition coefficient (Wildman–Crippen LogP) is 4.89. The van der Waals surface area contributed by atoms with Crippen molar-refractivity contribution >= 4 is 50.3 Å². The number of hydrogen-bond acceptors (Lipinski definition) is 5. The quantitative estimate of drug-likeness (QED) is 0.695. The fourth-order valence-electron chi connectivity index (χ4n) is 2.15. The SMILES string of the molecule is CCc1ccsc1CNc1nc(Cl)nc2sc(C)cc12. The number of rotatable bonds is 4. The molecule has 3 nitrogen and oxygen atoms in total. The largest absolute Gasteiger partial charge is 0.364 e. The van der Waals surface area contributed by atoms with Crippen molar-refractivity contribution in [2.45, 2.75) is 26.8 Å². The summed E-state index contributed by atoms with van der Waals surface area (Å²) in [6.45, 7) is 5.02. The monoisotopic (exact) mass is 323 g/mol. The molecule has 3 aromatic rings. The molecule has 3 rings (SSSR count). The highest BCUT2D eigenvalue weighted by molar-refractivity contribution is 7.18. The van der Waals surface area contributed by atoms with Crippen LogP contribution in [0, 0.1) is 6.92 Å². The predicted molar refractivity (Wildman–Crippen MR) is 88.2 cm³/mol. The first-order valence-corrected chi connectivity index (χ1v) is 8.47. The molecular formula is C14H14ClN3S2. The van der Waals surface area contributed by atoms with Crippen molar-refractivity contribution in [3.05, 3.63) is 38.1 Å². The molecule has 0 saturated heterocycles. The standard InChI is InChI=1S/C14H14ClN3S2/c1-3-9-4-5-19-11(9)7-16-12-10-6-8(2)20-13(10)18-14(15)17-12/h4-6H,3,7H2,1-2H3,(H,16,17,18). The van der Waals surface area contributed by atoms with Crippen LogP contribution >= 0.6 is 34.3 Å². The van der Waals surface area contributed by atoms with Crippen molar-refractivity contribution in [1.82, 2.24) is 9.97 Å². The van der Waals surface area contributed by atoms with Crippen LogP contribution in [0.5, 0.6) is 0 Å². The second kappa shape index (κ2) is 5.68. The van der Waals surface area contributed by atoms with E-state index in [9.17, 15) is 0 Å². The van der Waals surface area contributed by atoms with E-state index in [1.807, 2.05) is 0 Å². The van der Waals surface area contributed by atoms with E-state index in [1.54, 1.807) is 22.7 Å². The van der Waals surface area contributed by atoms with Crippen LogP contribution in [0.1, 0.15) is 22.2 Å². The maximum Gasteiger partial charge on any atom is 0.225 e. The van der Waals surface area contributed by atoms with Gasteiger partial charge in [-0.1, -0.05) is 6.92 Å². The third-order valence-corrected chi connectivity index (χ3v) is 5.20. The number of halogens is 1. The van der Waals surface area contributed by atoms with Gasteiger partial charge < -0.3 is 5.32 Å². The summed E-state index contributed by atoms with van der Waals surface area (Å²) >= 11 is 9.41. The molecule has 0 bridgehead atoms. The number of hydrogen-bond donors (Lipinski definition) is 1. The normalized spacial score (nSPS) is 11.2. The second-order valence-corrected chi connectivity index (χ2v) is 7.07. The molecule has 0 aliphatic carbocycles. The second-order valence-electron chi connectivity index (χ2n) is 4.49. The first kappa shape index (κ1) is 13.8. The van der Waals surface area contributed by atoms with Gasteiger partial charge >= 0.3 is 0 Å². The van der Waals surface area contributed by atoms with Crippen LogP contribution in [-0.4, -0.2) is 9.97 Å². The first-order valence-electron chi connectivity index (χ1n) is 6.40. The summed E-state index contributed by atoms with van der Waals surface area (Å²) in [6.07, 6.45) is 1.05. The minimum absolute atomic E-state index is 0.295. The molecule has 3 aromatic heterocycles. The Morgan fingerprint density at radius 2 is 2.20 bits per heavy atom. The highest BCUT2D eigenvalue weighted by Crippen LogP contribution is 2.30. The van der Waals surface area contributed by atoms with E-state index in [0.717, 1.165) is 29.0 Å². The Labute approximate surface area is 130 Å². The number of aryl methyl sites for hydroxylation is 2. The fourth-order valence-corrected chi connectivity index (χ4v) is 4.17. The zero-order chi connectivity index (χ0) is 14.1. The zero-order valence-electron chi connectivity index (χ0n) is 11.2. The molecule has 0 aliphatic heterocycles. The van der Waals surface area contributed by atoms with Gasteiger partial charge in [-0.3, -0.25) is 0 Å². The van der Waals surface area contributed by atoms with E-state index >= 15 is 0 Å². The molecule has 0 aliphatic rings. The summed E-state index contributed by atoms with van der Waals surface area (Å²) in [5.41, 5.74) is 1.39. The molecule has 104 valence electrons. The summed E-state index contributed by atoms with van der Waals surface area (Å²) in [6, 6.07) is 4.28. The fraction of sp³-hybridized carbons (Fsp3) is 0.286. The summed E-state index contributed by atoms with van der Waals surface area (Å²) < 4.78 is 0. The minimum atomic E-state index is 0.295. The van der Waals surface area contributed by atoms with Crippen molar-refractivity contribution in [2.75, 3.05) is 5.32 Å². The molecule has 0 aromatic carbocycles. The summed E-state index contributed by atoms with van der Waals surface area (Å²) in [5, 5.41) is 6.88. The van der Waals surface area contributed by atoms with Crippen molar-refractivity contribution in [2.24, 2.45) is 0 Å². The highest BCUT2D eigenvalue weighted by atomic mass is 35.5. The van der Waals surface area contributed by atoms with Crippen molar-refractivity contribution < 1.29 is 0 Å². The smallest absolute Gasteiger partial charge is 0.225 e. The summed E-state index contributed by atoms with van der Waals surface area (Å²) in [4.78, 5) is 12.1. The van der Waals surface area contributed by atoms with Crippen LogP contribution in [0.25, 0.3) is 10.2 Å². The minimum Gasteiger partial charge on any atom is -0.364 e. The molecule has 0 spiro atoms. The molecule has 0 unspecified atom stereocenters. The number of thiophene rings is 2. The zero-order valence-corrected chi connectivity index (χ0v) is 13.6. The van der Waals surface area contributed by atoms with Gasteiger partial charge in [-0.25, -0.2) is 9.97 Å². The lowest BCUT2D eigenvalue weighted by Crippen LogP contribution is -2.02. The van der Waals surface area contributed by atoms with Gasteiger partial charge in [0.15, 0.2) is 0 Å². The molecule has 0 radical (unpaired) electrons. The first-order chi connectivity index (χ1) is 9.67. The number of anilines is 1. The third kappa shape index (κ3) is 2.66. The van der Waals surface area contributed by atoms with Crippen molar-refractivity contribution in [3.8, 4) is 0 Å². The molecule has 0 atom stereocenters. The van der Waals surface area contributed by atoms with Gasteiger partial charge in [0.05, 0.1) is 11.9 Å². The van der Waals surface area contributed by atoms with Crippen LogP contribution in [0.2, 0.25) is 5.28 Å². The number of fused-ring (bicyclic) bond motifs is 1. The van der Waals surface area contributed by atoms with E-state index < -0.39 is 0 Å². The van der Waals surface area contributed by atoms with Crippen LogP contribution in [0.15, 0.2) is 17.5 Å². The number of nitrogens with zero attached hydrogens (tertiary/aromatic N) is 2. The maximum absolute atomic E-state index is 6.00. The van der Waals surface area contributed by atoms with Gasteiger partial charge in [0, 0.05) is 9.75 Å². The lowest BCUT2D eigenvalue weighted by molar-refractivity contribution is 1.07. The molecule has 6 heteroatoms. The van der Waals surface area contributed by atoms with E-state index in [2.05, 4.69) is 46.6 Å². The Bertz CT molecular complexity index is 748. The van der Waals surface area contributed by atoms with E-state index in [1.165, 1.54) is 15.3 Å². The van der Waals surface area contributed by atoms with Crippen molar-refractivity contribution in [1.29, 1.82) is 0 Å². The molecule has 1 N–H and O–H groups in total. The third-order valence-electron chi connectivity index (χ3n) is 3.12. The number of aromatic nitrogens is 2. The van der Waals surface area contributed by atoms with Crippen LogP contribution in [-0.2, 0) is 13.0 Å². The molecule has 0 fully saturated rings. The lowest BCUT2D eigenvalue weighted by Gasteiger charge is -2.07. The summed E-state index contributed by atoms with van der Waals surface area (Å²) in [7, 11) is 0. The number of nitrogens with one attached hydrogen (secondary N) is 1. The van der Waals surface area contributed by atoms with E-state index in [0.29, 0.717) is 5.28 Å². The average Bonchev–Trinajstić information content (AvgIpc) is 3.00. The van der Waals surface area contributed by atoms with Gasteiger partial charge in [0.2, 0.25) is 5.28 Å². The molecule has 20 heavy (non-hydrogen) atoms. The average molecular weight is 324 g/mol. The maximum atomic E-state index is 6.00. The lowest BCUT2D eigenvalue weighted by atomic mass is 10.2. The Balaban J connectivity index is 1.90. The van der Waals surface area contributed by atoms with Crippen molar-refractivity contribution in [3.63, 3.8) is 0 Å². The molecule has 3 heterocycles. The van der Waals surface area contributed by atoms with Gasteiger partial charge in [-0.05, 0) is 48.0 Å². The van der Waals surface area contributed by atoms with Crippen LogP contribution in [0.4, 0.5) is 5.82 Å². The van der Waals surface area contributed by atoms with Crippen LogP contribution < -0.4 is 5.32 Å². The Kier molecular flexibility index (Phi) is 3.92. The van der Waals surface area contributed by atoms with Crippen LogP contribution in [0.3, 0.4) is 0 Å². The topological polar surface area (TPSA) is 37.8 Å². The van der Waals surface area contributed by atoms with Gasteiger partial charge in [-0.2, -0.15) is 0 Å². The summed E-state index contributed by atoms with van der Waals surface area (Å²) in [5.74, 6) is 0.819. The Hall–Kier alpha value is -1.17. The molecule has 0 saturated carbocycles. The van der Waals surface area contributed by atoms with Gasteiger partial charge in [0.1, 0.15) is 10.6 Å². The highest BCUT2D eigenvalue weighted by Gasteiger charge is 2.10. The van der Waals surface area contributed by atoms with E-state index in [-0.39, 0.29) is 0 Å². The van der Waals surface area contributed by atoms with Gasteiger partial charge in [-0.15, -0.1) is 22.7 Å². The molecule has 0 amide bonds.